The van der Waals surface area contributed by atoms with Crippen molar-refractivity contribution in [3.63, 3.8) is 0 Å². The Kier molecular flexibility index (Phi) is 12.5. The van der Waals surface area contributed by atoms with Crippen LogP contribution < -0.4 is 0 Å². The fourth-order valence-corrected chi connectivity index (χ4v) is 12.3. The zero-order valence-electron chi connectivity index (χ0n) is 32.8. The molecule has 2 bridgehead atoms. The van der Waals surface area contributed by atoms with Crippen LogP contribution in [0, 0.1) is 16.7 Å². The molecule has 0 saturated heterocycles. The molecule has 1 aromatic rings. The summed E-state index contributed by atoms with van der Waals surface area (Å²) in [7, 11) is -2.76. The molecular weight excluding hydrogens is 721 g/mol. The quantitative estimate of drug-likeness (QED) is 0.0833. The second kappa shape index (κ2) is 15.6. The molecule has 10 atom stereocenters. The van der Waals surface area contributed by atoms with Gasteiger partial charge < -0.3 is 43.8 Å². The number of aliphatic hydroxyl groups is 4. The topological polar surface area (TPSA) is 212 Å². The molecule has 300 valence electrons. The highest BCUT2D eigenvalue weighted by Gasteiger charge is 2.78. The normalized spacial score (nSPS) is 34.1. The van der Waals surface area contributed by atoms with Crippen LogP contribution in [0.15, 0.2) is 41.5 Å². The van der Waals surface area contributed by atoms with Gasteiger partial charge >= 0.3 is 23.9 Å². The summed E-state index contributed by atoms with van der Waals surface area (Å²) in [4.78, 5) is 68.7. The molecule has 0 amide bonds. The van der Waals surface area contributed by atoms with E-state index in [1.54, 1.807) is 25.1 Å². The molecule has 14 nitrogen and oxygen atoms in total. The molecule has 1 aromatic carbocycles. The first-order valence-corrected chi connectivity index (χ1v) is 21.1. The Balaban J connectivity index is 2.28. The predicted octanol–water partition coefficient (Wildman–Crippen LogP) is 3.53. The number of fused-ring (bicyclic) bond motifs is 3. The van der Waals surface area contributed by atoms with Crippen molar-refractivity contribution in [1.82, 2.24) is 0 Å². The number of carbonyl (C=O) groups is 5. The first kappa shape index (κ1) is 43.3. The van der Waals surface area contributed by atoms with Crippen LogP contribution in [0.1, 0.15) is 92.4 Å². The molecule has 0 radical (unpaired) electrons. The maximum absolute atomic E-state index is 15.8. The van der Waals surface area contributed by atoms with Gasteiger partial charge in [-0.2, -0.15) is 0 Å². The van der Waals surface area contributed by atoms with E-state index in [4.69, 9.17) is 23.4 Å². The van der Waals surface area contributed by atoms with E-state index in [0.29, 0.717) is 18.1 Å². The number of carbonyl (C=O) groups excluding carboxylic acids is 5. The van der Waals surface area contributed by atoms with E-state index in [-0.39, 0.29) is 16.7 Å². The number of ketones is 1. The van der Waals surface area contributed by atoms with Crippen LogP contribution in [0.2, 0.25) is 18.1 Å². The van der Waals surface area contributed by atoms with Gasteiger partial charge in [-0.15, -0.1) is 0 Å². The number of ether oxygens (including phenoxy) is 4. The summed E-state index contributed by atoms with van der Waals surface area (Å²) < 4.78 is 30.4. The van der Waals surface area contributed by atoms with Crippen LogP contribution in [0.5, 0.6) is 0 Å². The first-order chi connectivity index (χ1) is 25.0. The lowest BCUT2D eigenvalue weighted by atomic mass is 9.45. The molecule has 2 saturated carbocycles. The summed E-state index contributed by atoms with van der Waals surface area (Å²) >= 11 is 0. The average molecular weight is 777 g/mol. The zero-order chi connectivity index (χ0) is 40.8. The fourth-order valence-electron chi connectivity index (χ4n) is 9.35. The number of hydrogen-bond acceptors (Lipinski definition) is 14. The van der Waals surface area contributed by atoms with Crippen molar-refractivity contribution in [2.24, 2.45) is 16.7 Å². The fraction of sp³-hybridized carbons (Fsp3) is 0.667. The summed E-state index contributed by atoms with van der Waals surface area (Å²) in [5.74, 6) is -6.89. The van der Waals surface area contributed by atoms with Crippen LogP contribution in [0.3, 0.4) is 0 Å². The smallest absolute Gasteiger partial charge is 0.338 e. The molecule has 0 aromatic heterocycles. The summed E-state index contributed by atoms with van der Waals surface area (Å²) in [6, 6.07) is 9.46. The highest BCUT2D eigenvalue weighted by Crippen LogP contribution is 2.63. The van der Waals surface area contributed by atoms with Gasteiger partial charge in [-0.25, -0.2) is 4.79 Å². The van der Waals surface area contributed by atoms with E-state index in [9.17, 15) is 39.6 Å². The number of rotatable bonds is 11. The minimum Gasteiger partial charge on any atom is -0.455 e. The Labute approximate surface area is 317 Å². The van der Waals surface area contributed by atoms with Crippen molar-refractivity contribution in [2.45, 2.75) is 148 Å². The lowest BCUT2D eigenvalue weighted by Gasteiger charge is -2.65. The highest BCUT2D eigenvalue weighted by atomic mass is 28.4. The molecular formula is C39H56O14Si. The minimum absolute atomic E-state index is 0.0206. The van der Waals surface area contributed by atoms with Gasteiger partial charge in [-0.1, -0.05) is 52.8 Å². The van der Waals surface area contributed by atoms with Crippen molar-refractivity contribution < 1.29 is 67.8 Å². The van der Waals surface area contributed by atoms with Crippen molar-refractivity contribution in [1.29, 1.82) is 0 Å². The largest absolute Gasteiger partial charge is 0.455 e. The van der Waals surface area contributed by atoms with Gasteiger partial charge in [-0.3, -0.25) is 19.2 Å². The molecule has 4 rings (SSSR count). The maximum atomic E-state index is 15.8. The SMILES string of the molecule is CC[Si](CC)(CC)O[C@H]1C[C@H](O)[C@@](OC(C)=O)(C(O)OC(C)=O)[C@H]2[C@H](OC(=O)c3ccccc3)[C@]3(O)C[C@H](O)C(C)=C([C@@H](OC(C)=O)C(=O)[C@]12C)C3(C)C. The third-order valence-electron chi connectivity index (χ3n) is 12.6. The van der Waals surface area contributed by atoms with Crippen LogP contribution in [-0.4, -0.2) is 106 Å². The van der Waals surface area contributed by atoms with Gasteiger partial charge in [0, 0.05) is 39.0 Å². The Morgan fingerprint density at radius 2 is 1.48 bits per heavy atom. The zero-order valence-corrected chi connectivity index (χ0v) is 33.8. The second-order valence-corrected chi connectivity index (χ2v) is 20.4. The Morgan fingerprint density at radius 3 is 1.98 bits per heavy atom. The lowest BCUT2D eigenvalue weighted by molar-refractivity contribution is -0.329. The van der Waals surface area contributed by atoms with Crippen LogP contribution >= 0.6 is 0 Å². The number of benzene rings is 1. The molecule has 0 heterocycles. The Bertz CT molecular complexity index is 1650. The first-order valence-electron chi connectivity index (χ1n) is 18.5. The van der Waals surface area contributed by atoms with E-state index in [2.05, 4.69) is 0 Å². The van der Waals surface area contributed by atoms with E-state index in [0.717, 1.165) is 20.8 Å². The molecule has 1 unspecified atom stereocenters. The standard InChI is InChI=1S/C39H56O14Si/c1-11-54(12-2,13-3)53-28-19-27(44)39(52-24(7)42,35(47)50-23(6)41)31-33(51-34(46)25-17-15-14-16-18-25)38(48)20-26(43)21(4)29(36(38,8)9)30(49-22(5)40)32(45)37(28,31)10/h14-18,26-28,30-31,33,35,43-44,47-48H,11-13,19-20H2,1-10H3/t26-,27-,28-,30+,31-,33-,35?,37+,38+,39-/m0/s1. The van der Waals surface area contributed by atoms with Crippen molar-refractivity contribution in [2.75, 3.05) is 0 Å². The molecule has 15 heteroatoms. The molecule has 3 aliphatic rings. The van der Waals surface area contributed by atoms with Gasteiger partial charge in [0.05, 0.1) is 29.1 Å². The third kappa shape index (κ3) is 6.96. The molecule has 3 aliphatic carbocycles. The Morgan fingerprint density at radius 1 is 0.907 bits per heavy atom. The number of aliphatic hydroxyl groups excluding tert-OH is 3. The molecule has 0 aliphatic heterocycles. The third-order valence-corrected chi connectivity index (χ3v) is 17.2. The van der Waals surface area contributed by atoms with Gasteiger partial charge in [0.1, 0.15) is 17.8 Å². The lowest BCUT2D eigenvalue weighted by Crippen LogP contribution is -2.80. The summed E-state index contributed by atoms with van der Waals surface area (Å²) in [6.07, 6.45) is -12.1. The maximum Gasteiger partial charge on any atom is 0.338 e. The van der Waals surface area contributed by atoms with Crippen molar-refractivity contribution in [3.05, 3.63) is 47.0 Å². The molecule has 0 spiro atoms. The Hall–Kier alpha value is -3.47. The predicted molar refractivity (Wildman–Crippen MR) is 195 cm³/mol. The average Bonchev–Trinajstić information content (AvgIpc) is 3.09. The van der Waals surface area contributed by atoms with Gasteiger partial charge in [0.15, 0.2) is 20.2 Å². The highest BCUT2D eigenvalue weighted by molar-refractivity contribution is 6.73. The van der Waals surface area contributed by atoms with Crippen LogP contribution in [-0.2, 0) is 42.6 Å². The van der Waals surface area contributed by atoms with E-state index < -0.39 is 116 Å². The number of Topliss-reactive ketones (excluding diaryl/α,β-unsaturated/α-hetero) is 1. The van der Waals surface area contributed by atoms with E-state index >= 15 is 4.79 Å². The molecule has 4 N–H and O–H groups in total. The number of esters is 4. The summed E-state index contributed by atoms with van der Waals surface area (Å²) in [5, 5.41) is 49.4. The number of hydrogen-bond donors (Lipinski definition) is 4. The van der Waals surface area contributed by atoms with Gasteiger partial charge in [0.2, 0.25) is 11.9 Å². The molecule has 54 heavy (non-hydrogen) atoms. The monoisotopic (exact) mass is 776 g/mol. The van der Waals surface area contributed by atoms with Crippen molar-refractivity contribution >= 4 is 38.0 Å². The summed E-state index contributed by atoms with van der Waals surface area (Å²) in [6.45, 7) is 14.9. The van der Waals surface area contributed by atoms with E-state index in [1.165, 1.54) is 32.9 Å². The second-order valence-electron chi connectivity index (χ2n) is 15.7. The van der Waals surface area contributed by atoms with Crippen LogP contribution in [0.4, 0.5) is 0 Å². The van der Waals surface area contributed by atoms with Gasteiger partial charge in [0.25, 0.3) is 0 Å². The van der Waals surface area contributed by atoms with Crippen molar-refractivity contribution in [3.8, 4) is 0 Å². The van der Waals surface area contributed by atoms with Gasteiger partial charge in [-0.05, 0) is 55.3 Å². The minimum atomic E-state index is -2.83. The van der Waals surface area contributed by atoms with E-state index in [1.807, 2.05) is 20.8 Å². The van der Waals surface area contributed by atoms with Crippen LogP contribution in [0.25, 0.3) is 0 Å². The molecule has 2 fully saturated rings. The summed E-state index contributed by atoms with van der Waals surface area (Å²) in [5.41, 5.74) is -8.81.